The van der Waals surface area contributed by atoms with Crippen LogP contribution in [0.4, 0.5) is 10.1 Å². The third-order valence-electron chi connectivity index (χ3n) is 3.46. The molecule has 1 unspecified atom stereocenters. The lowest BCUT2D eigenvalue weighted by atomic mass is 10.1. The Bertz CT molecular complexity index is 637. The van der Waals surface area contributed by atoms with E-state index in [0.717, 1.165) is 37.8 Å². The SMILES string of the molecule is Fc1ccc(C2NCCN2c2c(Br)cc(Br)cc2Br)cc1. The molecule has 0 amide bonds. The first kappa shape index (κ1) is 15.5. The number of benzene rings is 2. The molecule has 2 nitrogen and oxygen atoms in total. The van der Waals surface area contributed by atoms with Crippen LogP contribution in [0.1, 0.15) is 11.7 Å². The zero-order valence-electron chi connectivity index (χ0n) is 10.9. The monoisotopic (exact) mass is 476 g/mol. The largest absolute Gasteiger partial charge is 0.349 e. The maximum absolute atomic E-state index is 13.1. The second-order valence-electron chi connectivity index (χ2n) is 4.82. The van der Waals surface area contributed by atoms with Gasteiger partial charge >= 0.3 is 0 Å². The Balaban J connectivity index is 2.00. The number of anilines is 1. The van der Waals surface area contributed by atoms with Crippen LogP contribution >= 0.6 is 47.8 Å². The summed E-state index contributed by atoms with van der Waals surface area (Å²) < 4.78 is 16.1. The zero-order valence-corrected chi connectivity index (χ0v) is 15.7. The van der Waals surface area contributed by atoms with Gasteiger partial charge in [-0.2, -0.15) is 0 Å². The lowest BCUT2D eigenvalue weighted by Crippen LogP contribution is -2.27. The summed E-state index contributed by atoms with van der Waals surface area (Å²) in [6.45, 7) is 1.78. The van der Waals surface area contributed by atoms with Gasteiger partial charge in [0, 0.05) is 26.5 Å². The summed E-state index contributed by atoms with van der Waals surface area (Å²) in [5, 5.41) is 3.46. The van der Waals surface area contributed by atoms with E-state index in [-0.39, 0.29) is 12.0 Å². The molecule has 0 aliphatic carbocycles. The van der Waals surface area contributed by atoms with Crippen LogP contribution < -0.4 is 10.2 Å². The highest BCUT2D eigenvalue weighted by molar-refractivity contribution is 9.11. The summed E-state index contributed by atoms with van der Waals surface area (Å²) in [7, 11) is 0. The van der Waals surface area contributed by atoms with E-state index in [0.29, 0.717) is 0 Å². The molecular formula is C15H12Br3FN2. The van der Waals surface area contributed by atoms with Gasteiger partial charge in [-0.3, -0.25) is 5.32 Å². The number of nitrogens with zero attached hydrogens (tertiary/aromatic N) is 1. The fraction of sp³-hybridized carbons (Fsp3) is 0.200. The Morgan fingerprint density at radius 3 is 2.29 bits per heavy atom. The van der Waals surface area contributed by atoms with Gasteiger partial charge < -0.3 is 4.90 Å². The fourth-order valence-corrected chi connectivity index (χ4v) is 5.27. The van der Waals surface area contributed by atoms with Gasteiger partial charge in [0.15, 0.2) is 0 Å². The predicted octanol–water partition coefficient (Wildman–Crippen LogP) is 5.22. The number of hydrogen-bond donors (Lipinski definition) is 1. The minimum absolute atomic E-state index is 0.0411. The lowest BCUT2D eigenvalue weighted by Gasteiger charge is -2.28. The van der Waals surface area contributed by atoms with Crippen molar-refractivity contribution in [1.29, 1.82) is 0 Å². The first-order chi connectivity index (χ1) is 10.1. The van der Waals surface area contributed by atoms with Crippen LogP contribution in [0.5, 0.6) is 0 Å². The Hall–Kier alpha value is -0.430. The van der Waals surface area contributed by atoms with Crippen LogP contribution in [0.3, 0.4) is 0 Å². The van der Waals surface area contributed by atoms with Gasteiger partial charge in [0.2, 0.25) is 0 Å². The van der Waals surface area contributed by atoms with Crippen molar-refractivity contribution in [2.75, 3.05) is 18.0 Å². The molecule has 0 spiro atoms. The Labute approximate surface area is 148 Å². The number of nitrogens with one attached hydrogen (secondary N) is 1. The summed E-state index contributed by atoms with van der Waals surface area (Å²) in [5.41, 5.74) is 2.15. The molecule has 1 fully saturated rings. The topological polar surface area (TPSA) is 15.3 Å². The lowest BCUT2D eigenvalue weighted by molar-refractivity contribution is 0.616. The molecule has 3 rings (SSSR count). The van der Waals surface area contributed by atoms with E-state index in [2.05, 4.69) is 58.0 Å². The van der Waals surface area contributed by atoms with E-state index in [1.807, 2.05) is 24.3 Å². The Morgan fingerprint density at radius 1 is 1.05 bits per heavy atom. The van der Waals surface area contributed by atoms with Gasteiger partial charge in [0.1, 0.15) is 12.0 Å². The van der Waals surface area contributed by atoms with Gasteiger partial charge in [0.25, 0.3) is 0 Å². The number of hydrogen-bond acceptors (Lipinski definition) is 2. The fourth-order valence-electron chi connectivity index (χ4n) is 2.55. The Kier molecular flexibility index (Phi) is 4.69. The van der Waals surface area contributed by atoms with E-state index in [4.69, 9.17) is 0 Å². The van der Waals surface area contributed by atoms with Crippen molar-refractivity contribution >= 4 is 53.5 Å². The average molecular weight is 479 g/mol. The standard InChI is InChI=1S/C15H12Br3FN2/c16-10-7-12(17)14(13(18)8-10)21-6-5-20-15(21)9-1-3-11(19)4-2-9/h1-4,7-8,15,20H,5-6H2. The molecule has 2 aromatic carbocycles. The van der Waals surface area contributed by atoms with Gasteiger partial charge in [0.05, 0.1) is 5.69 Å². The van der Waals surface area contributed by atoms with E-state index in [1.54, 1.807) is 0 Å². The summed E-state index contributed by atoms with van der Waals surface area (Å²) >= 11 is 10.7. The summed E-state index contributed by atoms with van der Waals surface area (Å²) in [6.07, 6.45) is 0.0411. The van der Waals surface area contributed by atoms with E-state index < -0.39 is 0 Å². The first-order valence-electron chi connectivity index (χ1n) is 6.46. The molecule has 6 heteroatoms. The smallest absolute Gasteiger partial charge is 0.123 e. The van der Waals surface area contributed by atoms with Crippen LogP contribution in [0.25, 0.3) is 0 Å². The third-order valence-corrected chi connectivity index (χ3v) is 5.12. The molecule has 21 heavy (non-hydrogen) atoms. The molecule has 0 saturated carbocycles. The molecule has 0 radical (unpaired) electrons. The van der Waals surface area contributed by atoms with Crippen molar-refractivity contribution in [3.8, 4) is 0 Å². The van der Waals surface area contributed by atoms with Crippen molar-refractivity contribution in [2.24, 2.45) is 0 Å². The first-order valence-corrected chi connectivity index (χ1v) is 8.84. The second kappa shape index (κ2) is 6.36. The molecule has 1 atom stereocenters. The highest BCUT2D eigenvalue weighted by atomic mass is 79.9. The molecule has 1 aliphatic rings. The zero-order chi connectivity index (χ0) is 15.0. The van der Waals surface area contributed by atoms with Gasteiger partial charge in [-0.1, -0.05) is 28.1 Å². The predicted molar refractivity (Wildman–Crippen MR) is 94.0 cm³/mol. The van der Waals surface area contributed by atoms with Crippen molar-refractivity contribution in [3.63, 3.8) is 0 Å². The van der Waals surface area contributed by atoms with E-state index >= 15 is 0 Å². The van der Waals surface area contributed by atoms with Crippen LogP contribution in [0.15, 0.2) is 49.8 Å². The van der Waals surface area contributed by atoms with Crippen LogP contribution in [0, 0.1) is 5.82 Å². The van der Waals surface area contributed by atoms with E-state index in [1.165, 1.54) is 12.1 Å². The van der Waals surface area contributed by atoms with Crippen molar-refractivity contribution in [3.05, 3.63) is 61.2 Å². The van der Waals surface area contributed by atoms with Crippen molar-refractivity contribution < 1.29 is 4.39 Å². The Morgan fingerprint density at radius 2 is 1.67 bits per heavy atom. The van der Waals surface area contributed by atoms with Crippen LogP contribution in [-0.2, 0) is 0 Å². The minimum atomic E-state index is -0.214. The average Bonchev–Trinajstić information content (AvgIpc) is 2.87. The van der Waals surface area contributed by atoms with Crippen LogP contribution in [0.2, 0.25) is 0 Å². The van der Waals surface area contributed by atoms with Gasteiger partial charge in [-0.05, 0) is 61.7 Å². The maximum atomic E-state index is 13.1. The van der Waals surface area contributed by atoms with Gasteiger partial charge in [-0.15, -0.1) is 0 Å². The second-order valence-corrected chi connectivity index (χ2v) is 7.44. The normalized spacial score (nSPS) is 18.3. The van der Waals surface area contributed by atoms with E-state index in [9.17, 15) is 4.39 Å². The quantitative estimate of drug-likeness (QED) is 0.636. The van der Waals surface area contributed by atoms with Crippen molar-refractivity contribution in [2.45, 2.75) is 6.17 Å². The number of halogens is 4. The molecule has 2 aromatic rings. The molecule has 110 valence electrons. The molecular weight excluding hydrogens is 467 g/mol. The molecule has 1 N–H and O–H groups in total. The van der Waals surface area contributed by atoms with Gasteiger partial charge in [-0.25, -0.2) is 4.39 Å². The van der Waals surface area contributed by atoms with Crippen molar-refractivity contribution in [1.82, 2.24) is 5.32 Å². The highest BCUT2D eigenvalue weighted by Crippen LogP contribution is 2.41. The summed E-state index contributed by atoms with van der Waals surface area (Å²) in [6, 6.07) is 10.7. The summed E-state index contributed by atoms with van der Waals surface area (Å²) in [5.74, 6) is -0.214. The molecule has 0 aromatic heterocycles. The maximum Gasteiger partial charge on any atom is 0.123 e. The minimum Gasteiger partial charge on any atom is -0.349 e. The highest BCUT2D eigenvalue weighted by Gasteiger charge is 2.28. The summed E-state index contributed by atoms with van der Waals surface area (Å²) in [4.78, 5) is 2.27. The molecule has 1 saturated heterocycles. The molecule has 1 heterocycles. The number of rotatable bonds is 2. The molecule has 1 aliphatic heterocycles. The molecule has 0 bridgehead atoms. The van der Waals surface area contributed by atoms with Crippen LogP contribution in [-0.4, -0.2) is 13.1 Å². The third kappa shape index (κ3) is 3.18.